The second-order valence-corrected chi connectivity index (χ2v) is 8.18. The monoisotopic (exact) mass is 458 g/mol. The third kappa shape index (κ3) is 4.63. The Bertz CT molecular complexity index is 1500. The number of nitrogens with one attached hydrogen (secondary N) is 1. The van der Waals surface area contributed by atoms with Crippen LogP contribution < -0.4 is 4.74 Å². The number of hydrogen-bond acceptors (Lipinski definition) is 6. The van der Waals surface area contributed by atoms with Gasteiger partial charge in [-0.2, -0.15) is 10.5 Å². The molecule has 0 saturated carbocycles. The van der Waals surface area contributed by atoms with Gasteiger partial charge in [-0.15, -0.1) is 10.2 Å². The fourth-order valence-corrected chi connectivity index (χ4v) is 4.14. The maximum atomic E-state index is 9.14. The normalized spacial score (nSPS) is 10.7. The van der Waals surface area contributed by atoms with Crippen LogP contribution in [-0.2, 0) is 6.61 Å². The van der Waals surface area contributed by atoms with Crippen LogP contribution in [0.25, 0.3) is 33.6 Å². The molecule has 0 aliphatic rings. The lowest BCUT2D eigenvalue weighted by atomic mass is 9.97. The molecular weight excluding hydrogens is 436 g/mol. The van der Waals surface area contributed by atoms with Gasteiger partial charge in [0.25, 0.3) is 0 Å². The van der Waals surface area contributed by atoms with Crippen molar-refractivity contribution >= 4 is 0 Å². The molecule has 0 aliphatic carbocycles. The summed E-state index contributed by atoms with van der Waals surface area (Å²) in [6, 6.07) is 27.8. The molecule has 0 aliphatic heterocycles. The first-order valence-corrected chi connectivity index (χ1v) is 11.2. The standard InChI is InChI=1S/C28H22N6O/c1-18-14-26(27(19(2)30-18)23-11-8-20(16-29)9-12-23)35-17-21-10-13-24(22-6-4-3-5-7-22)25(15-21)28-31-33-34-32-28/h3-15H,17H2,1-2H3,(H,31,32,33,34). The van der Waals surface area contributed by atoms with Gasteiger partial charge < -0.3 is 4.74 Å². The molecule has 7 heteroatoms. The van der Waals surface area contributed by atoms with Crippen LogP contribution in [0.3, 0.4) is 0 Å². The Morgan fingerprint density at radius 3 is 2.40 bits per heavy atom. The molecule has 1 N–H and O–H groups in total. The molecule has 2 aromatic heterocycles. The van der Waals surface area contributed by atoms with Crippen LogP contribution in [0, 0.1) is 25.2 Å². The number of rotatable bonds is 6. The zero-order valence-corrected chi connectivity index (χ0v) is 19.4. The topological polar surface area (TPSA) is 100 Å². The van der Waals surface area contributed by atoms with E-state index in [9.17, 15) is 0 Å². The summed E-state index contributed by atoms with van der Waals surface area (Å²) in [7, 11) is 0. The first-order valence-electron chi connectivity index (χ1n) is 11.2. The Balaban J connectivity index is 1.49. The van der Waals surface area contributed by atoms with E-state index in [0.29, 0.717) is 18.0 Å². The summed E-state index contributed by atoms with van der Waals surface area (Å²) in [5.74, 6) is 1.27. The summed E-state index contributed by atoms with van der Waals surface area (Å²) in [5.41, 5.74) is 8.17. The molecule has 0 amide bonds. The van der Waals surface area contributed by atoms with E-state index >= 15 is 0 Å². The third-order valence-corrected chi connectivity index (χ3v) is 5.74. The van der Waals surface area contributed by atoms with Crippen molar-refractivity contribution in [2.45, 2.75) is 20.5 Å². The van der Waals surface area contributed by atoms with E-state index in [4.69, 9.17) is 10.00 Å². The Morgan fingerprint density at radius 2 is 1.69 bits per heavy atom. The predicted molar refractivity (Wildman–Crippen MR) is 133 cm³/mol. The van der Waals surface area contributed by atoms with Crippen molar-refractivity contribution in [3.8, 4) is 45.5 Å². The highest BCUT2D eigenvalue weighted by Crippen LogP contribution is 2.35. The molecule has 0 spiro atoms. The van der Waals surface area contributed by atoms with Gasteiger partial charge in [0.05, 0.1) is 11.6 Å². The molecule has 0 fully saturated rings. The van der Waals surface area contributed by atoms with E-state index in [0.717, 1.165) is 50.5 Å². The summed E-state index contributed by atoms with van der Waals surface area (Å²) < 4.78 is 6.34. The van der Waals surface area contributed by atoms with Gasteiger partial charge in [0, 0.05) is 28.6 Å². The lowest BCUT2D eigenvalue weighted by Crippen LogP contribution is -2.02. The average Bonchev–Trinajstić information content (AvgIpc) is 3.43. The number of pyridine rings is 1. The van der Waals surface area contributed by atoms with E-state index in [1.54, 1.807) is 12.1 Å². The van der Waals surface area contributed by atoms with Crippen molar-refractivity contribution in [3.05, 3.63) is 101 Å². The van der Waals surface area contributed by atoms with Crippen LogP contribution in [-0.4, -0.2) is 25.6 Å². The number of aromatic amines is 1. The van der Waals surface area contributed by atoms with Crippen LogP contribution >= 0.6 is 0 Å². The number of hydrogen-bond donors (Lipinski definition) is 1. The molecule has 7 nitrogen and oxygen atoms in total. The number of nitrogens with zero attached hydrogens (tertiary/aromatic N) is 5. The van der Waals surface area contributed by atoms with Crippen molar-refractivity contribution in [1.29, 1.82) is 5.26 Å². The average molecular weight is 459 g/mol. The maximum absolute atomic E-state index is 9.14. The van der Waals surface area contributed by atoms with Crippen molar-refractivity contribution in [3.63, 3.8) is 0 Å². The molecule has 0 saturated heterocycles. The van der Waals surface area contributed by atoms with Gasteiger partial charge in [0.15, 0.2) is 0 Å². The second-order valence-electron chi connectivity index (χ2n) is 8.18. The van der Waals surface area contributed by atoms with Crippen LogP contribution in [0.5, 0.6) is 5.75 Å². The van der Waals surface area contributed by atoms with Crippen molar-refractivity contribution in [2.75, 3.05) is 0 Å². The molecule has 35 heavy (non-hydrogen) atoms. The summed E-state index contributed by atoms with van der Waals surface area (Å²) >= 11 is 0. The van der Waals surface area contributed by atoms with Crippen molar-refractivity contribution in [2.24, 2.45) is 0 Å². The number of ether oxygens (including phenoxy) is 1. The van der Waals surface area contributed by atoms with Gasteiger partial charge >= 0.3 is 0 Å². The minimum absolute atomic E-state index is 0.353. The number of tetrazole rings is 1. The maximum Gasteiger partial charge on any atom is 0.205 e. The van der Waals surface area contributed by atoms with Gasteiger partial charge in [-0.05, 0) is 59.5 Å². The van der Waals surface area contributed by atoms with Gasteiger partial charge in [-0.3, -0.25) is 4.98 Å². The van der Waals surface area contributed by atoms with Gasteiger partial charge in [-0.1, -0.05) is 54.6 Å². The Labute approximate surface area is 203 Å². The first-order chi connectivity index (χ1) is 17.1. The highest BCUT2D eigenvalue weighted by Gasteiger charge is 2.15. The van der Waals surface area contributed by atoms with Gasteiger partial charge in [-0.25, -0.2) is 0 Å². The van der Waals surface area contributed by atoms with Gasteiger partial charge in [0.2, 0.25) is 5.82 Å². The third-order valence-electron chi connectivity index (χ3n) is 5.74. The fraction of sp³-hybridized carbons (Fsp3) is 0.107. The fourth-order valence-electron chi connectivity index (χ4n) is 4.14. The van der Waals surface area contributed by atoms with Crippen LogP contribution in [0.15, 0.2) is 78.9 Å². The number of H-pyrrole nitrogens is 1. The van der Waals surface area contributed by atoms with E-state index < -0.39 is 0 Å². The van der Waals surface area contributed by atoms with E-state index in [1.165, 1.54) is 0 Å². The van der Waals surface area contributed by atoms with Crippen LogP contribution in [0.2, 0.25) is 0 Å². The van der Waals surface area contributed by atoms with E-state index in [-0.39, 0.29) is 0 Å². The number of aryl methyl sites for hydroxylation is 2. The molecule has 5 aromatic rings. The predicted octanol–water partition coefficient (Wildman–Crippen LogP) is 5.66. The molecule has 0 radical (unpaired) electrons. The van der Waals surface area contributed by atoms with Crippen LogP contribution in [0.1, 0.15) is 22.5 Å². The highest BCUT2D eigenvalue weighted by atomic mass is 16.5. The largest absolute Gasteiger partial charge is 0.488 e. The molecule has 5 rings (SSSR count). The summed E-state index contributed by atoms with van der Waals surface area (Å²) in [6.45, 7) is 4.27. The molecule has 0 unspecified atom stereocenters. The quantitative estimate of drug-likeness (QED) is 0.352. The van der Waals surface area contributed by atoms with Crippen molar-refractivity contribution in [1.82, 2.24) is 25.6 Å². The highest BCUT2D eigenvalue weighted by molar-refractivity contribution is 5.81. The Hall–Kier alpha value is -4.83. The lowest BCUT2D eigenvalue weighted by Gasteiger charge is -2.16. The van der Waals surface area contributed by atoms with E-state index in [2.05, 4.69) is 49.9 Å². The molecule has 0 atom stereocenters. The SMILES string of the molecule is Cc1cc(OCc2ccc(-c3ccccc3)c(-c3nn[nH]n3)c2)c(-c2ccc(C#N)cc2)c(C)n1. The smallest absolute Gasteiger partial charge is 0.205 e. The minimum atomic E-state index is 0.353. The summed E-state index contributed by atoms with van der Waals surface area (Å²) in [5, 5.41) is 23.8. The number of benzene rings is 3. The Kier molecular flexibility index (Phi) is 6.01. The zero-order valence-electron chi connectivity index (χ0n) is 19.4. The number of aromatic nitrogens is 5. The summed E-state index contributed by atoms with van der Waals surface area (Å²) in [6.07, 6.45) is 0. The molecule has 170 valence electrons. The zero-order chi connectivity index (χ0) is 24.2. The minimum Gasteiger partial charge on any atom is -0.488 e. The summed E-state index contributed by atoms with van der Waals surface area (Å²) in [4.78, 5) is 4.63. The lowest BCUT2D eigenvalue weighted by molar-refractivity contribution is 0.307. The first kappa shape index (κ1) is 22.0. The molecule has 3 aromatic carbocycles. The van der Waals surface area contributed by atoms with Crippen molar-refractivity contribution < 1.29 is 4.74 Å². The second kappa shape index (κ2) is 9.57. The molecule has 2 heterocycles. The number of nitriles is 1. The molecule has 0 bridgehead atoms. The van der Waals surface area contributed by atoms with Gasteiger partial charge in [0.1, 0.15) is 12.4 Å². The Morgan fingerprint density at radius 1 is 0.886 bits per heavy atom. The van der Waals surface area contributed by atoms with E-state index in [1.807, 2.05) is 62.4 Å². The molecular formula is C28H22N6O. The van der Waals surface area contributed by atoms with Crippen LogP contribution in [0.4, 0.5) is 0 Å².